The van der Waals surface area contributed by atoms with Gasteiger partial charge in [0.05, 0.1) is 6.10 Å². The van der Waals surface area contributed by atoms with Crippen molar-refractivity contribution < 1.29 is 17.9 Å². The van der Waals surface area contributed by atoms with Gasteiger partial charge in [0.1, 0.15) is 0 Å². The molecule has 1 fully saturated rings. The van der Waals surface area contributed by atoms with Crippen LogP contribution in [0, 0.1) is 0 Å². The molecule has 0 aromatic rings. The lowest BCUT2D eigenvalue weighted by molar-refractivity contribution is -0.227. The van der Waals surface area contributed by atoms with Crippen LogP contribution in [0.25, 0.3) is 0 Å². The van der Waals surface area contributed by atoms with E-state index >= 15 is 0 Å². The van der Waals surface area contributed by atoms with E-state index in [2.05, 4.69) is 5.32 Å². The van der Waals surface area contributed by atoms with Crippen LogP contribution in [0.3, 0.4) is 0 Å². The first-order chi connectivity index (χ1) is 7.45. The Bertz CT molecular complexity index is 208. The summed E-state index contributed by atoms with van der Waals surface area (Å²) in [4.78, 5) is 0. The largest absolute Gasteiger partial charge is 0.414 e. The number of rotatable bonds is 5. The molecule has 2 nitrogen and oxygen atoms in total. The first-order valence-corrected chi connectivity index (χ1v) is 5.90. The van der Waals surface area contributed by atoms with Gasteiger partial charge in [0.15, 0.2) is 6.10 Å². The van der Waals surface area contributed by atoms with Crippen LogP contribution in [0.15, 0.2) is 0 Å². The van der Waals surface area contributed by atoms with Crippen molar-refractivity contribution in [2.24, 2.45) is 0 Å². The zero-order valence-electron chi connectivity index (χ0n) is 9.81. The van der Waals surface area contributed by atoms with E-state index in [0.29, 0.717) is 0 Å². The Morgan fingerprint density at radius 1 is 1.38 bits per heavy atom. The Labute approximate surface area is 94.5 Å². The smallest absolute Gasteiger partial charge is 0.364 e. The highest BCUT2D eigenvalue weighted by atomic mass is 19.4. The van der Waals surface area contributed by atoms with Crippen LogP contribution in [-0.4, -0.2) is 31.0 Å². The van der Waals surface area contributed by atoms with Gasteiger partial charge in [-0.2, -0.15) is 13.2 Å². The third-order valence-corrected chi connectivity index (χ3v) is 2.95. The summed E-state index contributed by atoms with van der Waals surface area (Å²) in [6, 6.07) is 0.0877. The summed E-state index contributed by atoms with van der Waals surface area (Å²) >= 11 is 0. The molecule has 0 aromatic carbocycles. The van der Waals surface area contributed by atoms with Crippen LogP contribution in [0.4, 0.5) is 13.2 Å². The molecule has 0 aliphatic heterocycles. The van der Waals surface area contributed by atoms with E-state index in [-0.39, 0.29) is 12.1 Å². The van der Waals surface area contributed by atoms with E-state index in [4.69, 9.17) is 4.74 Å². The quantitative estimate of drug-likeness (QED) is 0.796. The highest BCUT2D eigenvalue weighted by molar-refractivity contribution is 4.85. The van der Waals surface area contributed by atoms with Gasteiger partial charge in [-0.15, -0.1) is 0 Å². The maximum absolute atomic E-state index is 12.3. The Balaban J connectivity index is 2.40. The van der Waals surface area contributed by atoms with Gasteiger partial charge in [0.2, 0.25) is 0 Å². The third kappa shape index (κ3) is 3.94. The zero-order valence-corrected chi connectivity index (χ0v) is 9.81. The maximum atomic E-state index is 12.3. The van der Waals surface area contributed by atoms with Crippen molar-refractivity contribution in [2.75, 3.05) is 6.54 Å². The van der Waals surface area contributed by atoms with Gasteiger partial charge in [0.25, 0.3) is 0 Å². The molecule has 1 aliphatic carbocycles. The summed E-state index contributed by atoms with van der Waals surface area (Å²) in [5.74, 6) is 0. The highest BCUT2D eigenvalue weighted by Crippen LogP contribution is 2.29. The second kappa shape index (κ2) is 5.87. The van der Waals surface area contributed by atoms with Crippen molar-refractivity contribution in [1.29, 1.82) is 0 Å². The van der Waals surface area contributed by atoms with Gasteiger partial charge in [-0.25, -0.2) is 0 Å². The Morgan fingerprint density at radius 2 is 2.06 bits per heavy atom. The van der Waals surface area contributed by atoms with E-state index in [1.54, 1.807) is 0 Å². The number of hydrogen-bond acceptors (Lipinski definition) is 2. The van der Waals surface area contributed by atoms with Crippen LogP contribution in [-0.2, 0) is 4.74 Å². The van der Waals surface area contributed by atoms with Gasteiger partial charge in [-0.1, -0.05) is 6.92 Å². The molecule has 1 N–H and O–H groups in total. The molecular weight excluding hydrogens is 219 g/mol. The topological polar surface area (TPSA) is 21.3 Å². The molecule has 5 heteroatoms. The van der Waals surface area contributed by atoms with Crippen LogP contribution < -0.4 is 5.32 Å². The van der Waals surface area contributed by atoms with Crippen molar-refractivity contribution in [3.05, 3.63) is 0 Å². The minimum Gasteiger partial charge on any atom is -0.364 e. The summed E-state index contributed by atoms with van der Waals surface area (Å²) in [6.07, 6.45) is -2.64. The second-order valence-corrected chi connectivity index (χ2v) is 4.35. The van der Waals surface area contributed by atoms with Crippen LogP contribution in [0.1, 0.15) is 39.5 Å². The van der Waals surface area contributed by atoms with Gasteiger partial charge in [-0.3, -0.25) is 0 Å². The standard InChI is InChI=1S/C11H20F3NO/c1-3-7-15-9-5-4-6-10(9)16-8(2)11(12,13)14/h8-10,15H,3-7H2,1-2H3. The van der Waals surface area contributed by atoms with E-state index in [0.717, 1.165) is 39.2 Å². The lowest BCUT2D eigenvalue weighted by atomic mass is 10.2. The van der Waals surface area contributed by atoms with Gasteiger partial charge in [-0.05, 0) is 39.2 Å². The fourth-order valence-corrected chi connectivity index (χ4v) is 1.99. The number of ether oxygens (including phenoxy) is 1. The predicted molar refractivity (Wildman–Crippen MR) is 56.3 cm³/mol. The lowest BCUT2D eigenvalue weighted by Gasteiger charge is -2.26. The molecule has 3 unspecified atom stereocenters. The van der Waals surface area contributed by atoms with Crippen LogP contribution >= 0.6 is 0 Å². The molecule has 3 atom stereocenters. The van der Waals surface area contributed by atoms with Gasteiger partial charge < -0.3 is 10.1 Å². The van der Waals surface area contributed by atoms with Crippen molar-refractivity contribution in [2.45, 2.75) is 64.0 Å². The minimum atomic E-state index is -4.25. The number of hydrogen-bond donors (Lipinski definition) is 1. The fourth-order valence-electron chi connectivity index (χ4n) is 1.99. The van der Waals surface area contributed by atoms with Crippen LogP contribution in [0.5, 0.6) is 0 Å². The average molecular weight is 239 g/mol. The Kier molecular flexibility index (Phi) is 5.05. The summed E-state index contributed by atoms with van der Waals surface area (Å²) in [6.45, 7) is 3.95. The second-order valence-electron chi connectivity index (χ2n) is 4.35. The normalized spacial score (nSPS) is 28.3. The molecule has 0 heterocycles. The van der Waals surface area contributed by atoms with Crippen molar-refractivity contribution in [3.63, 3.8) is 0 Å². The molecule has 0 radical (unpaired) electrons. The first-order valence-electron chi connectivity index (χ1n) is 5.90. The summed E-state index contributed by atoms with van der Waals surface area (Å²) in [5.41, 5.74) is 0. The summed E-state index contributed by atoms with van der Waals surface area (Å²) in [5, 5.41) is 3.25. The molecular formula is C11H20F3NO. The fraction of sp³-hybridized carbons (Fsp3) is 1.00. The maximum Gasteiger partial charge on any atom is 0.414 e. The van der Waals surface area contributed by atoms with Crippen molar-refractivity contribution in [3.8, 4) is 0 Å². The molecule has 1 saturated carbocycles. The molecule has 0 spiro atoms. The molecule has 0 saturated heterocycles. The summed E-state index contributed by atoms with van der Waals surface area (Å²) in [7, 11) is 0. The van der Waals surface area contributed by atoms with Gasteiger partial charge >= 0.3 is 6.18 Å². The molecule has 1 aliphatic rings. The Hall–Kier alpha value is -0.290. The SMILES string of the molecule is CCCNC1CCCC1OC(C)C(F)(F)F. The monoisotopic (exact) mass is 239 g/mol. The van der Waals surface area contributed by atoms with Crippen molar-refractivity contribution in [1.82, 2.24) is 5.32 Å². The number of alkyl halides is 3. The molecule has 1 rings (SSSR count). The average Bonchev–Trinajstić information content (AvgIpc) is 2.61. The third-order valence-electron chi connectivity index (χ3n) is 2.95. The van der Waals surface area contributed by atoms with E-state index < -0.39 is 12.3 Å². The van der Waals surface area contributed by atoms with Crippen molar-refractivity contribution >= 4 is 0 Å². The molecule has 0 aromatic heterocycles. The minimum absolute atomic E-state index is 0.0877. The Morgan fingerprint density at radius 3 is 2.62 bits per heavy atom. The molecule has 96 valence electrons. The van der Waals surface area contributed by atoms with E-state index in [9.17, 15) is 13.2 Å². The van der Waals surface area contributed by atoms with Crippen LogP contribution in [0.2, 0.25) is 0 Å². The lowest BCUT2D eigenvalue weighted by Crippen LogP contribution is -2.42. The zero-order chi connectivity index (χ0) is 12.2. The highest BCUT2D eigenvalue weighted by Gasteiger charge is 2.40. The van der Waals surface area contributed by atoms with E-state index in [1.165, 1.54) is 0 Å². The van der Waals surface area contributed by atoms with E-state index in [1.807, 2.05) is 6.92 Å². The predicted octanol–water partition coefficient (Wildman–Crippen LogP) is 2.87. The molecule has 16 heavy (non-hydrogen) atoms. The van der Waals surface area contributed by atoms with Gasteiger partial charge in [0, 0.05) is 6.04 Å². The molecule has 0 bridgehead atoms. The number of nitrogens with one attached hydrogen (secondary N) is 1. The number of halogens is 3. The first kappa shape index (κ1) is 13.8. The summed E-state index contributed by atoms with van der Waals surface area (Å²) < 4.78 is 42.1. The molecule has 0 amide bonds.